The van der Waals surface area contributed by atoms with Gasteiger partial charge in [0.25, 0.3) is 0 Å². The van der Waals surface area contributed by atoms with E-state index < -0.39 is 17.9 Å². The van der Waals surface area contributed by atoms with Gasteiger partial charge in [0.05, 0.1) is 12.3 Å². The molecule has 1 atom stereocenters. The molecule has 0 fully saturated rings. The number of hydrogen-bond donors (Lipinski definition) is 2. The summed E-state index contributed by atoms with van der Waals surface area (Å²) < 4.78 is 0. The van der Waals surface area contributed by atoms with E-state index in [2.05, 4.69) is 6.58 Å². The Morgan fingerprint density at radius 2 is 1.88 bits per heavy atom. The molecule has 0 aliphatic rings. The van der Waals surface area contributed by atoms with Gasteiger partial charge in [0.1, 0.15) is 0 Å². The molecule has 4 heteroatoms. The van der Waals surface area contributed by atoms with Crippen LogP contribution >= 0.6 is 0 Å². The van der Waals surface area contributed by atoms with Crippen LogP contribution in [0.25, 0.3) is 0 Å². The van der Waals surface area contributed by atoms with E-state index in [1.54, 1.807) is 6.08 Å². The van der Waals surface area contributed by atoms with Crippen molar-refractivity contribution in [2.24, 2.45) is 5.92 Å². The number of rotatable bonds is 9. The van der Waals surface area contributed by atoms with Gasteiger partial charge in [-0.05, 0) is 25.7 Å². The van der Waals surface area contributed by atoms with Crippen molar-refractivity contribution in [2.75, 3.05) is 0 Å². The highest BCUT2D eigenvalue weighted by molar-refractivity contribution is 5.77. The van der Waals surface area contributed by atoms with Crippen molar-refractivity contribution in [3.63, 3.8) is 0 Å². The third kappa shape index (κ3) is 7.79. The lowest BCUT2D eigenvalue weighted by Gasteiger charge is -2.05. The predicted molar refractivity (Wildman–Crippen MR) is 61.2 cm³/mol. The van der Waals surface area contributed by atoms with Crippen LogP contribution < -0.4 is 0 Å². The van der Waals surface area contributed by atoms with Crippen LogP contribution in [0.15, 0.2) is 24.8 Å². The lowest BCUT2D eigenvalue weighted by molar-refractivity contribution is -0.148. The minimum atomic E-state index is -1.08. The molecular formula is C12H18O4. The zero-order chi connectivity index (χ0) is 12.4. The molecule has 0 rings (SSSR count). The minimum Gasteiger partial charge on any atom is -0.481 e. The number of carboxylic acids is 2. The lowest BCUT2D eigenvalue weighted by atomic mass is 10.0. The lowest BCUT2D eigenvalue weighted by Crippen LogP contribution is -2.16. The number of aliphatic carboxylic acids is 2. The van der Waals surface area contributed by atoms with Gasteiger partial charge in [0.15, 0.2) is 0 Å². The predicted octanol–water partition coefficient (Wildman–Crippen LogP) is 2.46. The standard InChI is InChI=1S/C12H18O4/c1-2-3-4-5-6-7-8-10(12(15)16)9-11(13)14/h2,6-7,10H,1,3-5,8-9H2,(H,13,14)(H,15,16)/b7-6+. The summed E-state index contributed by atoms with van der Waals surface area (Å²) in [6.07, 6.45) is 8.19. The van der Waals surface area contributed by atoms with Crippen LogP contribution in [0.5, 0.6) is 0 Å². The zero-order valence-electron chi connectivity index (χ0n) is 9.26. The smallest absolute Gasteiger partial charge is 0.307 e. The van der Waals surface area contributed by atoms with E-state index in [1.165, 1.54) is 0 Å². The van der Waals surface area contributed by atoms with Crippen LogP contribution in [-0.2, 0) is 9.59 Å². The van der Waals surface area contributed by atoms with Crippen molar-refractivity contribution >= 4 is 11.9 Å². The fourth-order valence-corrected chi connectivity index (χ4v) is 1.24. The molecule has 0 aromatic carbocycles. The number of allylic oxidation sites excluding steroid dienone is 3. The summed E-state index contributed by atoms with van der Waals surface area (Å²) in [5.41, 5.74) is 0. The Morgan fingerprint density at radius 3 is 2.38 bits per heavy atom. The Bertz CT molecular complexity index is 268. The topological polar surface area (TPSA) is 74.6 Å². The maximum atomic E-state index is 10.7. The average Bonchev–Trinajstić information content (AvgIpc) is 2.20. The highest BCUT2D eigenvalue weighted by atomic mass is 16.4. The molecule has 0 aromatic heterocycles. The highest BCUT2D eigenvalue weighted by Gasteiger charge is 2.18. The molecule has 0 saturated carbocycles. The van der Waals surface area contributed by atoms with E-state index in [4.69, 9.17) is 10.2 Å². The van der Waals surface area contributed by atoms with Crippen LogP contribution in [0, 0.1) is 5.92 Å². The van der Waals surface area contributed by atoms with Crippen LogP contribution in [0.2, 0.25) is 0 Å². The largest absolute Gasteiger partial charge is 0.481 e. The first-order chi connectivity index (χ1) is 7.57. The van der Waals surface area contributed by atoms with Crippen molar-refractivity contribution in [3.05, 3.63) is 24.8 Å². The second-order valence-corrected chi connectivity index (χ2v) is 3.56. The van der Waals surface area contributed by atoms with Gasteiger partial charge in [0, 0.05) is 0 Å². The summed E-state index contributed by atoms with van der Waals surface area (Å²) in [5, 5.41) is 17.3. The second-order valence-electron chi connectivity index (χ2n) is 3.56. The monoisotopic (exact) mass is 226 g/mol. The Morgan fingerprint density at radius 1 is 1.19 bits per heavy atom. The summed E-state index contributed by atoms with van der Waals surface area (Å²) in [6, 6.07) is 0. The number of carbonyl (C=O) groups is 2. The molecule has 90 valence electrons. The zero-order valence-corrected chi connectivity index (χ0v) is 9.26. The molecule has 16 heavy (non-hydrogen) atoms. The Kier molecular flexibility index (Phi) is 7.85. The Labute approximate surface area is 95.3 Å². The van der Waals surface area contributed by atoms with Crippen molar-refractivity contribution in [1.29, 1.82) is 0 Å². The summed E-state index contributed by atoms with van der Waals surface area (Å²) in [7, 11) is 0. The molecule has 0 heterocycles. The fourth-order valence-electron chi connectivity index (χ4n) is 1.24. The third-order valence-electron chi connectivity index (χ3n) is 2.14. The number of unbranched alkanes of at least 4 members (excludes halogenated alkanes) is 2. The molecule has 0 radical (unpaired) electrons. The SMILES string of the molecule is C=CCCC/C=C/CC(CC(=O)O)C(=O)O. The number of carboxylic acid groups (broad SMARTS) is 2. The van der Waals surface area contributed by atoms with Gasteiger partial charge in [-0.15, -0.1) is 6.58 Å². The Balaban J connectivity index is 3.87. The van der Waals surface area contributed by atoms with Crippen LogP contribution in [0.4, 0.5) is 0 Å². The summed E-state index contributed by atoms with van der Waals surface area (Å²) in [5.74, 6) is -2.96. The van der Waals surface area contributed by atoms with E-state index in [9.17, 15) is 9.59 Å². The van der Waals surface area contributed by atoms with Gasteiger partial charge in [-0.25, -0.2) is 0 Å². The van der Waals surface area contributed by atoms with E-state index in [0.717, 1.165) is 19.3 Å². The first-order valence-corrected chi connectivity index (χ1v) is 5.28. The molecule has 0 aliphatic heterocycles. The van der Waals surface area contributed by atoms with Crippen molar-refractivity contribution in [3.8, 4) is 0 Å². The third-order valence-corrected chi connectivity index (χ3v) is 2.14. The molecule has 0 amide bonds. The van der Waals surface area contributed by atoms with Gasteiger partial charge in [-0.1, -0.05) is 18.2 Å². The van der Waals surface area contributed by atoms with Gasteiger partial charge >= 0.3 is 11.9 Å². The molecule has 0 saturated heterocycles. The molecular weight excluding hydrogens is 208 g/mol. The average molecular weight is 226 g/mol. The molecule has 0 aromatic rings. The molecule has 0 spiro atoms. The summed E-state index contributed by atoms with van der Waals surface area (Å²) in [6.45, 7) is 3.60. The van der Waals surface area contributed by atoms with Crippen molar-refractivity contribution in [2.45, 2.75) is 32.1 Å². The minimum absolute atomic E-state index is 0.274. The van der Waals surface area contributed by atoms with E-state index >= 15 is 0 Å². The molecule has 1 unspecified atom stereocenters. The maximum absolute atomic E-state index is 10.7. The van der Waals surface area contributed by atoms with Gasteiger partial charge in [-0.3, -0.25) is 9.59 Å². The normalized spacial score (nSPS) is 12.5. The second kappa shape index (κ2) is 8.71. The summed E-state index contributed by atoms with van der Waals surface area (Å²) in [4.78, 5) is 21.1. The molecule has 4 nitrogen and oxygen atoms in total. The molecule has 0 aliphatic carbocycles. The van der Waals surface area contributed by atoms with Gasteiger partial charge < -0.3 is 10.2 Å². The maximum Gasteiger partial charge on any atom is 0.307 e. The molecule has 0 bridgehead atoms. The first kappa shape index (κ1) is 14.4. The highest BCUT2D eigenvalue weighted by Crippen LogP contribution is 2.10. The van der Waals surface area contributed by atoms with Crippen LogP contribution in [0.1, 0.15) is 32.1 Å². The summed E-state index contributed by atoms with van der Waals surface area (Å²) >= 11 is 0. The fraction of sp³-hybridized carbons (Fsp3) is 0.500. The van der Waals surface area contributed by atoms with E-state index in [0.29, 0.717) is 0 Å². The van der Waals surface area contributed by atoms with Gasteiger partial charge in [0.2, 0.25) is 0 Å². The number of hydrogen-bond acceptors (Lipinski definition) is 2. The Hall–Kier alpha value is -1.58. The van der Waals surface area contributed by atoms with E-state index in [1.807, 2.05) is 12.2 Å². The molecule has 2 N–H and O–H groups in total. The van der Waals surface area contributed by atoms with Gasteiger partial charge in [-0.2, -0.15) is 0 Å². The van der Waals surface area contributed by atoms with Crippen LogP contribution in [-0.4, -0.2) is 22.2 Å². The van der Waals surface area contributed by atoms with Crippen molar-refractivity contribution < 1.29 is 19.8 Å². The van der Waals surface area contributed by atoms with E-state index in [-0.39, 0.29) is 12.8 Å². The van der Waals surface area contributed by atoms with Crippen LogP contribution in [0.3, 0.4) is 0 Å². The quantitative estimate of drug-likeness (QED) is 0.468. The van der Waals surface area contributed by atoms with Crippen molar-refractivity contribution in [1.82, 2.24) is 0 Å². The first-order valence-electron chi connectivity index (χ1n) is 5.28.